The molecule has 150 valence electrons. The van der Waals surface area contributed by atoms with Crippen LogP contribution < -0.4 is 16.0 Å². The van der Waals surface area contributed by atoms with Crippen LogP contribution in [0.4, 0.5) is 0 Å². The molecular formula is C22H28ClN3O2. The highest BCUT2D eigenvalue weighted by Gasteiger charge is 2.23. The minimum absolute atomic E-state index is 0. The molecule has 5 nitrogen and oxygen atoms in total. The van der Waals surface area contributed by atoms with E-state index in [1.165, 1.54) is 0 Å². The number of carbonyl (C=O) groups is 2. The molecule has 3 rings (SSSR count). The summed E-state index contributed by atoms with van der Waals surface area (Å²) in [6.07, 6.45) is 2.72. The van der Waals surface area contributed by atoms with Gasteiger partial charge in [-0.15, -0.1) is 12.4 Å². The number of rotatable bonds is 7. The summed E-state index contributed by atoms with van der Waals surface area (Å²) in [7, 11) is 0. The number of hydrogen-bond donors (Lipinski definition) is 3. The fourth-order valence-electron chi connectivity index (χ4n) is 3.36. The number of piperidine rings is 1. The second-order valence-corrected chi connectivity index (χ2v) is 7.04. The first kappa shape index (κ1) is 21.9. The Labute approximate surface area is 172 Å². The van der Waals surface area contributed by atoms with Crippen molar-refractivity contribution in [2.45, 2.75) is 25.3 Å². The minimum Gasteiger partial charge on any atom is -0.354 e. The topological polar surface area (TPSA) is 70.2 Å². The molecule has 1 aliphatic heterocycles. The van der Waals surface area contributed by atoms with E-state index in [4.69, 9.17) is 0 Å². The number of carbonyl (C=O) groups excluding carboxylic acids is 2. The van der Waals surface area contributed by atoms with Crippen LogP contribution >= 0.6 is 12.4 Å². The zero-order chi connectivity index (χ0) is 18.9. The van der Waals surface area contributed by atoms with Crippen molar-refractivity contribution in [3.8, 4) is 0 Å². The molecule has 1 aliphatic rings. The lowest BCUT2D eigenvalue weighted by Gasteiger charge is -2.24. The molecule has 2 aromatic rings. The SMILES string of the molecule is Cl.O=C(NC(Cc1ccccc1)C(=O)NCC1CCCNC1)c1ccccc1. The average molecular weight is 402 g/mol. The highest BCUT2D eigenvalue weighted by Crippen LogP contribution is 2.09. The lowest BCUT2D eigenvalue weighted by atomic mass is 9.99. The van der Waals surface area contributed by atoms with Crippen LogP contribution in [0.25, 0.3) is 0 Å². The van der Waals surface area contributed by atoms with Crippen LogP contribution in [0.2, 0.25) is 0 Å². The molecule has 1 heterocycles. The summed E-state index contributed by atoms with van der Waals surface area (Å²) in [5.74, 6) is 0.0876. The van der Waals surface area contributed by atoms with Gasteiger partial charge in [-0.2, -0.15) is 0 Å². The summed E-state index contributed by atoms with van der Waals surface area (Å²) in [6, 6.07) is 18.2. The number of amides is 2. The predicted octanol–water partition coefficient (Wildman–Crippen LogP) is 2.57. The van der Waals surface area contributed by atoms with Crippen molar-refractivity contribution >= 4 is 24.2 Å². The highest BCUT2D eigenvalue weighted by atomic mass is 35.5. The van der Waals surface area contributed by atoms with E-state index in [1.807, 2.05) is 48.5 Å². The molecule has 1 saturated heterocycles. The fourth-order valence-corrected chi connectivity index (χ4v) is 3.36. The molecule has 0 saturated carbocycles. The molecule has 0 aromatic heterocycles. The van der Waals surface area contributed by atoms with Crippen molar-refractivity contribution in [2.75, 3.05) is 19.6 Å². The second kappa shape index (κ2) is 11.5. The quantitative estimate of drug-likeness (QED) is 0.667. The highest BCUT2D eigenvalue weighted by molar-refractivity contribution is 5.97. The first-order valence-electron chi connectivity index (χ1n) is 9.60. The molecule has 2 unspecified atom stereocenters. The molecule has 0 bridgehead atoms. The van der Waals surface area contributed by atoms with Gasteiger partial charge in [-0.1, -0.05) is 48.5 Å². The third-order valence-corrected chi connectivity index (χ3v) is 4.90. The first-order valence-corrected chi connectivity index (χ1v) is 9.60. The van der Waals surface area contributed by atoms with Crippen LogP contribution in [0.5, 0.6) is 0 Å². The summed E-state index contributed by atoms with van der Waals surface area (Å²) >= 11 is 0. The van der Waals surface area contributed by atoms with Crippen molar-refractivity contribution in [3.05, 3.63) is 71.8 Å². The summed E-state index contributed by atoms with van der Waals surface area (Å²) < 4.78 is 0. The lowest BCUT2D eigenvalue weighted by molar-refractivity contribution is -0.123. The molecule has 28 heavy (non-hydrogen) atoms. The van der Waals surface area contributed by atoms with Crippen molar-refractivity contribution < 1.29 is 9.59 Å². The summed E-state index contributed by atoms with van der Waals surface area (Å²) in [5.41, 5.74) is 1.57. The van der Waals surface area contributed by atoms with Gasteiger partial charge in [0.1, 0.15) is 6.04 Å². The van der Waals surface area contributed by atoms with Crippen LogP contribution in [0.3, 0.4) is 0 Å². The molecule has 6 heteroatoms. The number of halogens is 1. The Morgan fingerprint density at radius 3 is 2.36 bits per heavy atom. The monoisotopic (exact) mass is 401 g/mol. The molecule has 0 radical (unpaired) electrons. The van der Waals surface area contributed by atoms with Gasteiger partial charge in [-0.05, 0) is 49.5 Å². The summed E-state index contributed by atoms with van der Waals surface area (Å²) in [5, 5.41) is 9.30. The van der Waals surface area contributed by atoms with Gasteiger partial charge >= 0.3 is 0 Å². The van der Waals surface area contributed by atoms with Crippen molar-refractivity contribution in [1.29, 1.82) is 0 Å². The Balaban J connectivity index is 0.00000280. The largest absolute Gasteiger partial charge is 0.354 e. The smallest absolute Gasteiger partial charge is 0.251 e. The maximum absolute atomic E-state index is 12.8. The van der Waals surface area contributed by atoms with E-state index in [-0.39, 0.29) is 24.2 Å². The van der Waals surface area contributed by atoms with Gasteiger partial charge in [-0.3, -0.25) is 9.59 Å². The van der Waals surface area contributed by atoms with E-state index in [0.29, 0.717) is 24.4 Å². The van der Waals surface area contributed by atoms with E-state index in [9.17, 15) is 9.59 Å². The molecule has 0 spiro atoms. The molecule has 2 atom stereocenters. The lowest BCUT2D eigenvalue weighted by Crippen LogP contribution is -2.49. The van der Waals surface area contributed by atoms with E-state index in [0.717, 1.165) is 31.5 Å². The van der Waals surface area contributed by atoms with Gasteiger partial charge in [0, 0.05) is 18.5 Å². The van der Waals surface area contributed by atoms with E-state index < -0.39 is 6.04 Å². The molecule has 2 amide bonds. The van der Waals surface area contributed by atoms with Crippen molar-refractivity contribution in [2.24, 2.45) is 5.92 Å². The standard InChI is InChI=1S/C22H27N3O2.ClH/c26-21(19-11-5-2-6-12-19)25-20(14-17-8-3-1-4-9-17)22(27)24-16-18-10-7-13-23-15-18;/h1-6,8-9,11-12,18,20,23H,7,10,13-16H2,(H,24,27)(H,25,26);1H. The van der Waals surface area contributed by atoms with Crippen LogP contribution in [-0.2, 0) is 11.2 Å². The van der Waals surface area contributed by atoms with Gasteiger partial charge in [0.05, 0.1) is 0 Å². The third kappa shape index (κ3) is 6.66. The minimum atomic E-state index is -0.600. The fraction of sp³-hybridized carbons (Fsp3) is 0.364. The summed E-state index contributed by atoms with van der Waals surface area (Å²) in [4.78, 5) is 25.4. The maximum atomic E-state index is 12.8. The molecule has 1 fully saturated rings. The van der Waals surface area contributed by atoms with Gasteiger partial charge in [0.25, 0.3) is 5.91 Å². The van der Waals surface area contributed by atoms with E-state index in [2.05, 4.69) is 16.0 Å². The number of benzene rings is 2. The van der Waals surface area contributed by atoms with Crippen LogP contribution in [0.1, 0.15) is 28.8 Å². The zero-order valence-corrected chi connectivity index (χ0v) is 16.7. The van der Waals surface area contributed by atoms with Crippen molar-refractivity contribution in [3.63, 3.8) is 0 Å². The predicted molar refractivity (Wildman–Crippen MR) is 114 cm³/mol. The molecule has 3 N–H and O–H groups in total. The Hall–Kier alpha value is -2.37. The maximum Gasteiger partial charge on any atom is 0.251 e. The summed E-state index contributed by atoms with van der Waals surface area (Å²) in [6.45, 7) is 2.62. The Morgan fingerprint density at radius 1 is 1.04 bits per heavy atom. The van der Waals surface area contributed by atoms with Crippen molar-refractivity contribution in [1.82, 2.24) is 16.0 Å². The molecule has 2 aromatic carbocycles. The molecule has 0 aliphatic carbocycles. The van der Waals surface area contributed by atoms with Gasteiger partial charge in [0.2, 0.25) is 5.91 Å². The average Bonchev–Trinajstić information content (AvgIpc) is 2.73. The second-order valence-electron chi connectivity index (χ2n) is 7.04. The number of hydrogen-bond acceptors (Lipinski definition) is 3. The van der Waals surface area contributed by atoms with E-state index >= 15 is 0 Å². The zero-order valence-electron chi connectivity index (χ0n) is 15.9. The Bertz CT molecular complexity index is 734. The van der Waals surface area contributed by atoms with Gasteiger partial charge in [-0.25, -0.2) is 0 Å². The first-order chi connectivity index (χ1) is 13.2. The normalized spacial score (nSPS) is 17.1. The van der Waals surface area contributed by atoms with Gasteiger partial charge < -0.3 is 16.0 Å². The van der Waals surface area contributed by atoms with E-state index in [1.54, 1.807) is 12.1 Å². The third-order valence-electron chi connectivity index (χ3n) is 4.90. The Kier molecular flexibility index (Phi) is 8.98. The van der Waals surface area contributed by atoms with Crippen LogP contribution in [0, 0.1) is 5.92 Å². The van der Waals surface area contributed by atoms with Gasteiger partial charge in [0.15, 0.2) is 0 Å². The Morgan fingerprint density at radius 2 is 1.71 bits per heavy atom. The molecular weight excluding hydrogens is 374 g/mol. The van der Waals surface area contributed by atoms with Crippen LogP contribution in [0.15, 0.2) is 60.7 Å². The number of nitrogens with one attached hydrogen (secondary N) is 3. The van der Waals surface area contributed by atoms with Crippen LogP contribution in [-0.4, -0.2) is 37.5 Å².